The van der Waals surface area contributed by atoms with Gasteiger partial charge in [-0.25, -0.2) is 0 Å². The molecular formula is C11H11BrO. The molecule has 0 aliphatic carbocycles. The summed E-state index contributed by atoms with van der Waals surface area (Å²) in [6.07, 6.45) is 4.95. The molecule has 0 aliphatic rings. The molecule has 68 valence electrons. The molecule has 1 nitrogen and oxygen atoms in total. The third kappa shape index (κ3) is 2.58. The number of rotatable bonds is 2. The predicted molar refractivity (Wildman–Crippen MR) is 57.3 cm³/mol. The van der Waals surface area contributed by atoms with Crippen LogP contribution in [-0.4, -0.2) is 5.11 Å². The van der Waals surface area contributed by atoms with Crippen LogP contribution in [0.2, 0.25) is 0 Å². The molecule has 1 unspecified atom stereocenters. The third-order valence-corrected chi connectivity index (χ3v) is 2.40. The zero-order valence-corrected chi connectivity index (χ0v) is 9.01. The lowest BCUT2D eigenvalue weighted by Crippen LogP contribution is -1.98. The second-order valence-electron chi connectivity index (χ2n) is 2.92. The monoisotopic (exact) mass is 238 g/mol. The van der Waals surface area contributed by atoms with E-state index in [-0.39, 0.29) is 0 Å². The molecule has 0 spiro atoms. The maximum Gasteiger partial charge on any atom is 0.0901 e. The molecule has 0 saturated carbocycles. The van der Waals surface area contributed by atoms with Crippen LogP contribution in [0.4, 0.5) is 0 Å². The summed E-state index contributed by atoms with van der Waals surface area (Å²) in [4.78, 5) is 0. The Balaban J connectivity index is 2.96. The van der Waals surface area contributed by atoms with E-state index in [4.69, 9.17) is 6.42 Å². The smallest absolute Gasteiger partial charge is 0.0901 e. The lowest BCUT2D eigenvalue weighted by atomic mass is 10.0. The topological polar surface area (TPSA) is 20.2 Å². The van der Waals surface area contributed by atoms with Crippen molar-refractivity contribution in [1.29, 1.82) is 0 Å². The fourth-order valence-electron chi connectivity index (χ4n) is 1.23. The average Bonchev–Trinajstić information content (AvgIpc) is 2.04. The van der Waals surface area contributed by atoms with Crippen molar-refractivity contribution in [2.24, 2.45) is 0 Å². The molecule has 2 heteroatoms. The standard InChI is InChI=1S/C11H11BrO/c1-3-4-11(13)10-6-5-9(12)7-8(10)2/h1,5-7,11,13H,4H2,2H3. The molecule has 0 aromatic heterocycles. The normalized spacial score (nSPS) is 12.2. The van der Waals surface area contributed by atoms with E-state index in [1.165, 1.54) is 0 Å². The fourth-order valence-corrected chi connectivity index (χ4v) is 1.71. The maximum absolute atomic E-state index is 9.63. The molecule has 0 radical (unpaired) electrons. The van der Waals surface area contributed by atoms with Crippen molar-refractivity contribution in [2.75, 3.05) is 0 Å². The minimum atomic E-state index is -0.543. The summed E-state index contributed by atoms with van der Waals surface area (Å²) in [5, 5.41) is 9.63. The van der Waals surface area contributed by atoms with Gasteiger partial charge in [-0.05, 0) is 30.2 Å². The van der Waals surface area contributed by atoms with Crippen LogP contribution in [0.3, 0.4) is 0 Å². The number of aliphatic hydroxyl groups excluding tert-OH is 1. The summed E-state index contributed by atoms with van der Waals surface area (Å²) in [6, 6.07) is 5.76. The molecule has 0 heterocycles. The minimum Gasteiger partial charge on any atom is -0.387 e. The second kappa shape index (κ2) is 4.45. The van der Waals surface area contributed by atoms with Crippen LogP contribution >= 0.6 is 15.9 Å². The van der Waals surface area contributed by atoms with Gasteiger partial charge in [-0.2, -0.15) is 0 Å². The first-order chi connectivity index (χ1) is 6.15. The van der Waals surface area contributed by atoms with E-state index in [0.717, 1.165) is 15.6 Å². The summed E-state index contributed by atoms with van der Waals surface area (Å²) < 4.78 is 1.02. The minimum absolute atomic E-state index is 0.364. The Bertz CT molecular complexity index is 338. The lowest BCUT2D eigenvalue weighted by molar-refractivity contribution is 0.183. The molecule has 0 aliphatic heterocycles. The molecule has 0 amide bonds. The predicted octanol–water partition coefficient (Wildman–Crippen LogP) is 2.81. The highest BCUT2D eigenvalue weighted by Gasteiger charge is 2.08. The summed E-state index contributed by atoms with van der Waals surface area (Å²) in [6.45, 7) is 1.96. The lowest BCUT2D eigenvalue weighted by Gasteiger charge is -2.10. The largest absolute Gasteiger partial charge is 0.387 e. The van der Waals surface area contributed by atoms with Gasteiger partial charge in [0.1, 0.15) is 0 Å². The maximum atomic E-state index is 9.63. The van der Waals surface area contributed by atoms with E-state index in [0.29, 0.717) is 6.42 Å². The van der Waals surface area contributed by atoms with E-state index in [9.17, 15) is 5.11 Å². The Labute approximate surface area is 86.9 Å². The van der Waals surface area contributed by atoms with E-state index in [1.54, 1.807) is 0 Å². The first-order valence-electron chi connectivity index (χ1n) is 4.02. The van der Waals surface area contributed by atoms with Crippen LogP contribution in [0.15, 0.2) is 22.7 Å². The van der Waals surface area contributed by atoms with Crippen LogP contribution in [0.5, 0.6) is 0 Å². The van der Waals surface area contributed by atoms with Crippen molar-refractivity contribution in [2.45, 2.75) is 19.4 Å². The number of benzene rings is 1. The molecule has 13 heavy (non-hydrogen) atoms. The van der Waals surface area contributed by atoms with Gasteiger partial charge in [0.25, 0.3) is 0 Å². The van der Waals surface area contributed by atoms with Gasteiger partial charge in [0, 0.05) is 10.9 Å². The van der Waals surface area contributed by atoms with Gasteiger partial charge in [0.15, 0.2) is 0 Å². The first kappa shape index (κ1) is 10.3. The summed E-state index contributed by atoms with van der Waals surface area (Å²) in [5.41, 5.74) is 1.96. The van der Waals surface area contributed by atoms with E-state index in [2.05, 4.69) is 21.9 Å². The van der Waals surface area contributed by atoms with Crippen molar-refractivity contribution in [3.63, 3.8) is 0 Å². The number of aryl methyl sites for hydroxylation is 1. The van der Waals surface area contributed by atoms with Gasteiger partial charge >= 0.3 is 0 Å². The zero-order chi connectivity index (χ0) is 9.84. The zero-order valence-electron chi connectivity index (χ0n) is 7.42. The molecule has 1 aromatic carbocycles. The number of halogens is 1. The number of hydrogen-bond donors (Lipinski definition) is 1. The van der Waals surface area contributed by atoms with Crippen molar-refractivity contribution in [1.82, 2.24) is 0 Å². The number of terminal acetylenes is 1. The molecule has 0 fully saturated rings. The van der Waals surface area contributed by atoms with Gasteiger partial charge < -0.3 is 5.11 Å². The Morgan fingerprint density at radius 2 is 2.31 bits per heavy atom. The second-order valence-corrected chi connectivity index (χ2v) is 3.84. The highest BCUT2D eigenvalue weighted by Crippen LogP contribution is 2.23. The summed E-state index contributed by atoms with van der Waals surface area (Å²) in [7, 11) is 0. The summed E-state index contributed by atoms with van der Waals surface area (Å²) in [5.74, 6) is 2.45. The molecule has 0 saturated heterocycles. The van der Waals surface area contributed by atoms with Gasteiger partial charge in [-0.3, -0.25) is 0 Å². The third-order valence-electron chi connectivity index (χ3n) is 1.90. The molecule has 0 bridgehead atoms. The van der Waals surface area contributed by atoms with Crippen LogP contribution < -0.4 is 0 Å². The Morgan fingerprint density at radius 3 is 2.85 bits per heavy atom. The summed E-state index contributed by atoms with van der Waals surface area (Å²) >= 11 is 3.36. The highest BCUT2D eigenvalue weighted by atomic mass is 79.9. The van der Waals surface area contributed by atoms with Crippen LogP contribution in [0.1, 0.15) is 23.7 Å². The number of hydrogen-bond acceptors (Lipinski definition) is 1. The molecule has 1 N–H and O–H groups in total. The average molecular weight is 239 g/mol. The molecule has 1 atom stereocenters. The number of aliphatic hydroxyl groups is 1. The van der Waals surface area contributed by atoms with Gasteiger partial charge in [-0.1, -0.05) is 22.0 Å². The fraction of sp³-hybridized carbons (Fsp3) is 0.273. The van der Waals surface area contributed by atoms with Crippen molar-refractivity contribution >= 4 is 15.9 Å². The molecular weight excluding hydrogens is 228 g/mol. The van der Waals surface area contributed by atoms with Crippen LogP contribution in [-0.2, 0) is 0 Å². The Morgan fingerprint density at radius 1 is 1.62 bits per heavy atom. The van der Waals surface area contributed by atoms with Gasteiger partial charge in [0.2, 0.25) is 0 Å². The first-order valence-corrected chi connectivity index (χ1v) is 4.82. The highest BCUT2D eigenvalue weighted by molar-refractivity contribution is 9.10. The van der Waals surface area contributed by atoms with E-state index < -0.39 is 6.10 Å². The SMILES string of the molecule is C#CCC(O)c1ccc(Br)cc1C. The van der Waals surface area contributed by atoms with Crippen molar-refractivity contribution in [3.05, 3.63) is 33.8 Å². The Kier molecular flexibility index (Phi) is 3.53. The quantitative estimate of drug-likeness (QED) is 0.787. The van der Waals surface area contributed by atoms with Crippen LogP contribution in [0, 0.1) is 19.3 Å². The van der Waals surface area contributed by atoms with Crippen LogP contribution in [0.25, 0.3) is 0 Å². The van der Waals surface area contributed by atoms with E-state index in [1.807, 2.05) is 25.1 Å². The van der Waals surface area contributed by atoms with Crippen molar-refractivity contribution < 1.29 is 5.11 Å². The Hall–Kier alpha value is -0.780. The molecule has 1 aromatic rings. The van der Waals surface area contributed by atoms with E-state index >= 15 is 0 Å². The van der Waals surface area contributed by atoms with Gasteiger partial charge in [0.05, 0.1) is 6.10 Å². The molecule has 1 rings (SSSR count). The van der Waals surface area contributed by atoms with Crippen molar-refractivity contribution in [3.8, 4) is 12.3 Å². The van der Waals surface area contributed by atoms with Gasteiger partial charge in [-0.15, -0.1) is 12.3 Å².